The van der Waals surface area contributed by atoms with Crippen molar-refractivity contribution in [2.45, 2.75) is 167 Å². The summed E-state index contributed by atoms with van der Waals surface area (Å²) in [5.41, 5.74) is 2.28. The molecule has 0 spiro atoms. The fourth-order valence-corrected chi connectivity index (χ4v) is 12.1. The number of carbonyl (C=O) groups is 8. The number of hydrogen-bond acceptors (Lipinski definition) is 11. The average Bonchev–Trinajstić information content (AvgIpc) is 4.27. The minimum absolute atomic E-state index is 0.0183. The summed E-state index contributed by atoms with van der Waals surface area (Å²) in [7, 11) is 8.50. The third kappa shape index (κ3) is 15.0. The highest BCUT2D eigenvalue weighted by Crippen LogP contribution is 2.41. The van der Waals surface area contributed by atoms with Crippen molar-refractivity contribution in [3.8, 4) is 0 Å². The highest BCUT2D eigenvalue weighted by molar-refractivity contribution is 6.12. The monoisotopic (exact) mass is 1070 g/mol. The molecule has 3 N–H and O–H groups in total. The second-order valence-corrected chi connectivity index (χ2v) is 22.2. The quantitative estimate of drug-likeness (QED) is 0.0762. The molecule has 0 unspecified atom stereocenters. The normalized spacial score (nSPS) is 21.9. The zero-order valence-electron chi connectivity index (χ0n) is 47.2. The molecular formula is C59H86N8O10. The zero-order valence-corrected chi connectivity index (χ0v) is 47.2. The number of methoxy groups -OCH3 is 2. The van der Waals surface area contributed by atoms with Gasteiger partial charge in [-0.05, 0) is 93.0 Å². The molecule has 3 heterocycles. The Bertz CT molecular complexity index is 2380. The maximum atomic E-state index is 14.6. The van der Waals surface area contributed by atoms with Gasteiger partial charge in [-0.25, -0.2) is 0 Å². The summed E-state index contributed by atoms with van der Waals surface area (Å²) < 4.78 is 12.2. The van der Waals surface area contributed by atoms with E-state index in [1.54, 1.807) is 50.1 Å². The number of benzene rings is 2. The number of carbonyl (C=O) groups excluding carboxylic acids is 8. The molecule has 11 atom stereocenters. The van der Waals surface area contributed by atoms with E-state index in [0.717, 1.165) is 30.4 Å². The van der Waals surface area contributed by atoms with Crippen LogP contribution in [0.15, 0.2) is 66.7 Å². The number of rotatable bonds is 28. The van der Waals surface area contributed by atoms with Crippen LogP contribution in [0, 0.1) is 23.7 Å². The lowest BCUT2D eigenvalue weighted by atomic mass is 9.89. The first kappa shape index (κ1) is 60.3. The highest BCUT2D eigenvalue weighted by atomic mass is 16.5. The van der Waals surface area contributed by atoms with Crippen molar-refractivity contribution in [1.29, 1.82) is 0 Å². The largest absolute Gasteiger partial charge is 0.379 e. The predicted octanol–water partition coefficient (Wildman–Crippen LogP) is 5.02. The van der Waals surface area contributed by atoms with Crippen LogP contribution in [-0.4, -0.2) is 164 Å². The number of unbranched alkanes of at least 4 members (excludes halogenated alkanes) is 2. The van der Waals surface area contributed by atoms with Gasteiger partial charge in [0, 0.05) is 84.7 Å². The smallest absolute Gasteiger partial charge is 0.253 e. The zero-order chi connectivity index (χ0) is 56.1. The molecule has 0 radical (unpaired) electrons. The van der Waals surface area contributed by atoms with Gasteiger partial charge in [0.2, 0.25) is 35.4 Å². The van der Waals surface area contributed by atoms with Crippen molar-refractivity contribution >= 4 is 52.9 Å². The summed E-state index contributed by atoms with van der Waals surface area (Å²) in [6.45, 7) is 10.8. The third-order valence-corrected chi connectivity index (χ3v) is 16.9. The Kier molecular flexibility index (Phi) is 22.0. The lowest BCUT2D eigenvalue weighted by molar-refractivity contribution is -0.148. The second-order valence-electron chi connectivity index (χ2n) is 22.2. The molecule has 3 aliphatic heterocycles. The van der Waals surface area contributed by atoms with E-state index in [9.17, 15) is 38.4 Å². The fourth-order valence-electron chi connectivity index (χ4n) is 12.1. The van der Waals surface area contributed by atoms with Crippen LogP contribution < -0.4 is 20.9 Å². The molecule has 8 amide bonds. The molecule has 1 saturated carbocycles. The summed E-state index contributed by atoms with van der Waals surface area (Å²) in [5, 5.41) is 9.12. The average molecular weight is 1070 g/mol. The van der Waals surface area contributed by atoms with Gasteiger partial charge in [-0.15, -0.1) is 0 Å². The number of nitrogens with zero attached hydrogens (tertiary/aromatic N) is 5. The summed E-state index contributed by atoms with van der Waals surface area (Å²) >= 11 is 0. The molecule has 4 aliphatic rings. The standard InChI is InChI=1S/C59H86N8O10/c1-11-38(4)53(65(8)59(75)52(37(2)3)62-57(73)54-42-25-28-44(34-42)63(54)6)47(76-9)35-51(71)66-32-18-21-46(66)55(77-10)39(5)56(72)61-45(33-40-19-14-12-15-20-40)58(74)64(7)43-26-23-41(24-27-43)36-60-48(68)22-16-13-17-31-67-49(69)29-30-50(67)70/h12,14-15,19-20,23-24,26-27,29-30,37-39,42,44-47,52-55H,11,13,16-18,21-22,25,28,31-36H2,1-10H3,(H,60,68)(H,61,72)(H,62,73)/t38-,39+,42-,44+,45-,46-,47+,52-,53-,54-,55+/m0/s1. The Hall–Kier alpha value is -5.98. The number of imide groups is 1. The van der Waals surface area contributed by atoms with Gasteiger partial charge in [0.1, 0.15) is 12.1 Å². The van der Waals surface area contributed by atoms with Crippen LogP contribution in [0.4, 0.5) is 5.69 Å². The summed E-state index contributed by atoms with van der Waals surface area (Å²) in [6.07, 6.45) is 8.71. The number of fused-ring (bicyclic) bond motifs is 2. The third-order valence-electron chi connectivity index (χ3n) is 16.9. The Labute approximate surface area is 456 Å². The summed E-state index contributed by atoms with van der Waals surface area (Å²) in [4.78, 5) is 116. The molecule has 2 aromatic carbocycles. The Morgan fingerprint density at radius 2 is 1.49 bits per heavy atom. The summed E-state index contributed by atoms with van der Waals surface area (Å²) in [5.74, 6) is -2.71. The van der Waals surface area contributed by atoms with Gasteiger partial charge in [-0.3, -0.25) is 48.2 Å². The lowest BCUT2D eigenvalue weighted by Crippen LogP contribution is -2.60. The van der Waals surface area contributed by atoms with Crippen LogP contribution in [0.1, 0.15) is 116 Å². The predicted molar refractivity (Wildman–Crippen MR) is 294 cm³/mol. The van der Waals surface area contributed by atoms with E-state index < -0.39 is 48.2 Å². The topological polar surface area (TPSA) is 207 Å². The first-order valence-electron chi connectivity index (χ1n) is 27.9. The van der Waals surface area contributed by atoms with Gasteiger partial charge in [0.15, 0.2) is 0 Å². The van der Waals surface area contributed by atoms with Crippen molar-refractivity contribution in [2.75, 3.05) is 53.4 Å². The van der Waals surface area contributed by atoms with Crippen molar-refractivity contribution in [3.05, 3.63) is 77.9 Å². The fraction of sp³-hybridized carbons (Fsp3) is 0.627. The van der Waals surface area contributed by atoms with Gasteiger partial charge in [-0.2, -0.15) is 0 Å². The van der Waals surface area contributed by atoms with E-state index in [1.807, 2.05) is 77.2 Å². The SMILES string of the molecule is CC[C@H](C)[C@@H]([C@@H](CC(=O)N1CCC[C@H]1[C@H](OC)[C@@H](C)C(=O)N[C@@H](Cc1ccccc1)C(=O)N(C)c1ccc(CNC(=O)CCCCCN2C(=O)C=CC2=O)cc1)OC)N(C)C(=O)[C@@H](NC(=O)[C@@H]1[C@H]2CC[C@H](C2)N1C)C(C)C. The Morgan fingerprint density at radius 3 is 2.10 bits per heavy atom. The number of nitrogens with one attached hydrogen (secondary N) is 3. The molecule has 2 bridgehead atoms. The van der Waals surface area contributed by atoms with Crippen molar-refractivity contribution in [2.24, 2.45) is 23.7 Å². The number of likely N-dealkylation sites (N-methyl/N-ethyl adjacent to an activating group) is 3. The van der Waals surface area contributed by atoms with Crippen LogP contribution in [-0.2, 0) is 60.8 Å². The lowest BCUT2D eigenvalue weighted by Gasteiger charge is -2.41. The molecular weight excluding hydrogens is 981 g/mol. The number of anilines is 1. The van der Waals surface area contributed by atoms with E-state index in [1.165, 1.54) is 29.1 Å². The molecule has 77 heavy (non-hydrogen) atoms. The van der Waals surface area contributed by atoms with Crippen LogP contribution in [0.3, 0.4) is 0 Å². The molecule has 422 valence electrons. The van der Waals surface area contributed by atoms with Crippen molar-refractivity contribution < 1.29 is 47.8 Å². The van der Waals surface area contributed by atoms with Gasteiger partial charge < -0.3 is 40.1 Å². The van der Waals surface area contributed by atoms with E-state index in [4.69, 9.17) is 9.47 Å². The maximum absolute atomic E-state index is 14.6. The molecule has 6 rings (SSSR count). The van der Waals surface area contributed by atoms with E-state index in [-0.39, 0.29) is 78.0 Å². The molecule has 18 nitrogen and oxygen atoms in total. The first-order valence-corrected chi connectivity index (χ1v) is 27.9. The molecule has 2 aromatic rings. The van der Waals surface area contributed by atoms with Gasteiger partial charge in [-0.1, -0.05) is 89.9 Å². The number of hydrogen-bond donors (Lipinski definition) is 3. The highest BCUT2D eigenvalue weighted by Gasteiger charge is 2.49. The Balaban J connectivity index is 1.06. The number of ether oxygens (including phenoxy) is 2. The first-order chi connectivity index (χ1) is 36.8. The van der Waals surface area contributed by atoms with Gasteiger partial charge in [0.25, 0.3) is 11.8 Å². The summed E-state index contributed by atoms with van der Waals surface area (Å²) in [6, 6.07) is 14.2. The van der Waals surface area contributed by atoms with E-state index >= 15 is 0 Å². The van der Waals surface area contributed by atoms with Gasteiger partial charge >= 0.3 is 0 Å². The van der Waals surface area contributed by atoms with Crippen molar-refractivity contribution in [3.63, 3.8) is 0 Å². The maximum Gasteiger partial charge on any atom is 0.253 e. The minimum atomic E-state index is -0.953. The van der Waals surface area contributed by atoms with E-state index in [2.05, 4.69) is 20.9 Å². The molecule has 0 aromatic heterocycles. The second kappa shape index (κ2) is 28.1. The number of piperidine rings is 1. The van der Waals surface area contributed by atoms with Crippen molar-refractivity contribution in [1.82, 2.24) is 35.6 Å². The minimum Gasteiger partial charge on any atom is -0.379 e. The van der Waals surface area contributed by atoms with Gasteiger partial charge in [0.05, 0.1) is 42.7 Å². The Morgan fingerprint density at radius 1 is 0.805 bits per heavy atom. The van der Waals surface area contributed by atoms with Crippen LogP contribution >= 0.6 is 0 Å². The van der Waals surface area contributed by atoms with E-state index in [0.29, 0.717) is 76.3 Å². The van der Waals surface area contributed by atoms with Crippen LogP contribution in [0.5, 0.6) is 0 Å². The number of likely N-dealkylation sites (tertiary alicyclic amines) is 2. The van der Waals surface area contributed by atoms with Crippen LogP contribution in [0.25, 0.3) is 0 Å². The molecule has 2 saturated heterocycles. The van der Waals surface area contributed by atoms with Crippen LogP contribution in [0.2, 0.25) is 0 Å². The molecule has 3 fully saturated rings. The number of amides is 8. The molecule has 1 aliphatic carbocycles. The molecule has 18 heteroatoms.